The molecule has 3 heterocycles. The zero-order valence-electron chi connectivity index (χ0n) is 18.6. The van der Waals surface area contributed by atoms with Crippen molar-refractivity contribution in [2.45, 2.75) is 32.4 Å². The van der Waals surface area contributed by atoms with E-state index in [9.17, 15) is 4.39 Å². The molecule has 0 saturated carbocycles. The maximum atomic E-state index is 14.0. The number of likely N-dealkylation sites (N-methyl/N-ethyl adjacent to an activating group) is 1. The van der Waals surface area contributed by atoms with Crippen LogP contribution in [0.4, 0.5) is 10.2 Å². The molecule has 1 aromatic rings. The van der Waals surface area contributed by atoms with E-state index in [4.69, 9.17) is 0 Å². The van der Waals surface area contributed by atoms with E-state index in [2.05, 4.69) is 51.3 Å². The highest BCUT2D eigenvalue weighted by atomic mass is 127. The van der Waals surface area contributed by atoms with Gasteiger partial charge in [-0.2, -0.15) is 0 Å². The molecule has 30 heavy (non-hydrogen) atoms. The third kappa shape index (κ3) is 6.65. The number of pyridine rings is 1. The lowest BCUT2D eigenvalue weighted by atomic mass is 10.0. The molecule has 2 fully saturated rings. The van der Waals surface area contributed by atoms with Crippen LogP contribution in [0.1, 0.15) is 20.3 Å². The van der Waals surface area contributed by atoms with E-state index in [1.807, 2.05) is 4.90 Å². The number of rotatable bonds is 6. The highest BCUT2D eigenvalue weighted by Crippen LogP contribution is 2.20. The largest absolute Gasteiger partial charge is 0.355 e. The first-order chi connectivity index (χ1) is 14.0. The second-order valence-electron chi connectivity index (χ2n) is 8.49. The highest BCUT2D eigenvalue weighted by Gasteiger charge is 2.27. The highest BCUT2D eigenvalue weighted by molar-refractivity contribution is 14.0. The van der Waals surface area contributed by atoms with Crippen molar-refractivity contribution in [3.8, 4) is 0 Å². The van der Waals surface area contributed by atoms with Crippen molar-refractivity contribution < 1.29 is 4.39 Å². The van der Waals surface area contributed by atoms with Gasteiger partial charge in [0.15, 0.2) is 17.6 Å². The number of piperazine rings is 1. The van der Waals surface area contributed by atoms with Gasteiger partial charge in [-0.1, -0.05) is 13.8 Å². The van der Waals surface area contributed by atoms with Crippen LogP contribution in [0.5, 0.6) is 0 Å². The molecule has 0 aliphatic carbocycles. The summed E-state index contributed by atoms with van der Waals surface area (Å²) >= 11 is 0. The van der Waals surface area contributed by atoms with Crippen LogP contribution >= 0.6 is 24.0 Å². The number of nitrogens with zero attached hydrogens (tertiary/aromatic N) is 5. The van der Waals surface area contributed by atoms with Crippen LogP contribution in [0.2, 0.25) is 0 Å². The van der Waals surface area contributed by atoms with Crippen molar-refractivity contribution in [2.24, 2.45) is 10.9 Å². The second-order valence-corrected chi connectivity index (χ2v) is 8.49. The average molecular weight is 533 g/mol. The summed E-state index contributed by atoms with van der Waals surface area (Å²) in [6.07, 6.45) is 2.58. The van der Waals surface area contributed by atoms with Crippen molar-refractivity contribution in [1.82, 2.24) is 25.4 Å². The monoisotopic (exact) mass is 533 g/mol. The Morgan fingerprint density at radius 1 is 1.27 bits per heavy atom. The van der Waals surface area contributed by atoms with Gasteiger partial charge < -0.3 is 20.4 Å². The van der Waals surface area contributed by atoms with Crippen molar-refractivity contribution in [3.05, 3.63) is 24.1 Å². The first-order valence-corrected chi connectivity index (χ1v) is 10.7. The first-order valence-electron chi connectivity index (χ1n) is 10.7. The van der Waals surface area contributed by atoms with Gasteiger partial charge in [0.1, 0.15) is 0 Å². The minimum absolute atomic E-state index is 0. The fourth-order valence-corrected chi connectivity index (χ4v) is 4.21. The van der Waals surface area contributed by atoms with Crippen LogP contribution in [0.15, 0.2) is 23.3 Å². The number of aliphatic imine (C=N–C) groups is 1. The smallest absolute Gasteiger partial charge is 0.191 e. The summed E-state index contributed by atoms with van der Waals surface area (Å²) in [5.74, 6) is 1.56. The zero-order valence-corrected chi connectivity index (χ0v) is 21.0. The van der Waals surface area contributed by atoms with Crippen molar-refractivity contribution in [1.29, 1.82) is 0 Å². The van der Waals surface area contributed by atoms with E-state index >= 15 is 0 Å². The van der Waals surface area contributed by atoms with E-state index < -0.39 is 0 Å². The topological polar surface area (TPSA) is 59.0 Å². The van der Waals surface area contributed by atoms with Crippen LogP contribution in [-0.2, 0) is 0 Å². The molecule has 2 aliphatic rings. The molecule has 9 heteroatoms. The Hall–Kier alpha value is -1.20. The van der Waals surface area contributed by atoms with Gasteiger partial charge in [-0.3, -0.25) is 9.89 Å². The summed E-state index contributed by atoms with van der Waals surface area (Å²) in [6.45, 7) is 11.4. The molecule has 2 unspecified atom stereocenters. The molecule has 2 aliphatic heterocycles. The maximum absolute atomic E-state index is 14.0. The molecule has 2 saturated heterocycles. The summed E-state index contributed by atoms with van der Waals surface area (Å²) in [4.78, 5) is 15.6. The van der Waals surface area contributed by atoms with E-state index in [1.54, 1.807) is 19.3 Å². The Morgan fingerprint density at radius 3 is 2.63 bits per heavy atom. The fourth-order valence-electron chi connectivity index (χ4n) is 4.21. The van der Waals surface area contributed by atoms with Gasteiger partial charge in [0.2, 0.25) is 0 Å². The zero-order chi connectivity index (χ0) is 20.8. The standard InChI is InChI=1S/C21H36FN7.HI/c1-16(2)19(28-12-10-27(4)11-13-28)14-25-21(23-3)26-17-7-9-29(15-17)20-18(22)6-5-8-24-20;/h5-6,8,16-17,19H,7,9-15H2,1-4H3,(H2,23,25,26);1H. The normalized spacial score (nSPS) is 22.1. The quantitative estimate of drug-likeness (QED) is 0.331. The minimum Gasteiger partial charge on any atom is -0.355 e. The lowest BCUT2D eigenvalue weighted by Gasteiger charge is -2.40. The molecule has 2 atom stereocenters. The fraction of sp³-hybridized carbons (Fsp3) is 0.714. The van der Waals surface area contributed by atoms with E-state index in [-0.39, 0.29) is 35.8 Å². The van der Waals surface area contributed by atoms with Gasteiger partial charge in [0.25, 0.3) is 0 Å². The van der Waals surface area contributed by atoms with Crippen LogP contribution in [0, 0.1) is 11.7 Å². The van der Waals surface area contributed by atoms with E-state index in [0.29, 0.717) is 17.8 Å². The van der Waals surface area contributed by atoms with Crippen LogP contribution < -0.4 is 15.5 Å². The number of guanidine groups is 1. The predicted molar refractivity (Wildman–Crippen MR) is 132 cm³/mol. The number of anilines is 1. The maximum Gasteiger partial charge on any atom is 0.191 e. The Balaban J connectivity index is 0.00000320. The Kier molecular flexibility index (Phi) is 10.0. The predicted octanol–water partition coefficient (Wildman–Crippen LogP) is 1.85. The Morgan fingerprint density at radius 2 is 2.00 bits per heavy atom. The van der Waals surface area contributed by atoms with E-state index in [0.717, 1.165) is 58.2 Å². The number of hydrogen-bond donors (Lipinski definition) is 2. The van der Waals surface area contributed by atoms with Crippen LogP contribution in [0.3, 0.4) is 0 Å². The molecule has 170 valence electrons. The SMILES string of the molecule is CN=C(NCC(C(C)C)N1CCN(C)CC1)NC1CCN(c2ncccc2F)C1.I. The van der Waals surface area contributed by atoms with Gasteiger partial charge in [-0.05, 0) is 31.5 Å². The summed E-state index contributed by atoms with van der Waals surface area (Å²) in [6, 6.07) is 3.80. The first kappa shape index (κ1) is 25.1. The molecule has 0 amide bonds. The van der Waals surface area contributed by atoms with Crippen LogP contribution in [-0.4, -0.2) is 92.7 Å². The molecular weight excluding hydrogens is 496 g/mol. The van der Waals surface area contributed by atoms with Crippen LogP contribution in [0.25, 0.3) is 0 Å². The molecular formula is C21H37FIN7. The number of nitrogens with one attached hydrogen (secondary N) is 2. The lowest BCUT2D eigenvalue weighted by Crippen LogP contribution is -2.55. The third-order valence-corrected chi connectivity index (χ3v) is 6.05. The Labute approximate surface area is 197 Å². The minimum atomic E-state index is -0.261. The van der Waals surface area contributed by atoms with Crippen molar-refractivity contribution in [2.75, 3.05) is 64.8 Å². The molecule has 0 bridgehead atoms. The molecule has 0 aromatic carbocycles. The van der Waals surface area contributed by atoms with E-state index in [1.165, 1.54) is 6.07 Å². The van der Waals surface area contributed by atoms with Crippen molar-refractivity contribution in [3.63, 3.8) is 0 Å². The number of aromatic nitrogens is 1. The Bertz CT molecular complexity index is 679. The number of hydrogen-bond acceptors (Lipinski definition) is 5. The summed E-state index contributed by atoms with van der Waals surface area (Å²) < 4.78 is 14.0. The van der Waals surface area contributed by atoms with Gasteiger partial charge in [-0.15, -0.1) is 24.0 Å². The second kappa shape index (κ2) is 12.0. The molecule has 0 radical (unpaired) electrons. The van der Waals surface area contributed by atoms with Gasteiger partial charge in [-0.25, -0.2) is 9.37 Å². The van der Waals surface area contributed by atoms with Crippen molar-refractivity contribution >= 4 is 35.8 Å². The molecule has 0 spiro atoms. The molecule has 1 aromatic heterocycles. The third-order valence-electron chi connectivity index (χ3n) is 6.05. The molecule has 3 rings (SSSR count). The summed E-state index contributed by atoms with van der Waals surface area (Å²) in [7, 11) is 3.99. The van der Waals surface area contributed by atoms with Gasteiger partial charge in [0.05, 0.1) is 0 Å². The molecule has 7 nitrogen and oxygen atoms in total. The average Bonchev–Trinajstić information content (AvgIpc) is 3.17. The number of halogens is 2. The molecule has 2 N–H and O–H groups in total. The summed E-state index contributed by atoms with van der Waals surface area (Å²) in [5.41, 5.74) is 0. The summed E-state index contributed by atoms with van der Waals surface area (Å²) in [5, 5.41) is 7.04. The van der Waals surface area contributed by atoms with Gasteiger partial charge in [0, 0.05) is 71.1 Å². The van der Waals surface area contributed by atoms with Gasteiger partial charge >= 0.3 is 0 Å². The lowest BCUT2D eigenvalue weighted by molar-refractivity contribution is 0.0900.